The first-order valence-electron chi connectivity index (χ1n) is 8.54. The quantitative estimate of drug-likeness (QED) is 0.363. The van der Waals surface area contributed by atoms with Gasteiger partial charge in [0.15, 0.2) is 11.0 Å². The number of hydrogen-bond acceptors (Lipinski definition) is 8. The van der Waals surface area contributed by atoms with Crippen molar-refractivity contribution in [2.24, 2.45) is 0 Å². The predicted molar refractivity (Wildman–Crippen MR) is 111 cm³/mol. The average molecular weight is 413 g/mol. The number of aromatic nitrogens is 6. The average Bonchev–Trinajstić information content (AvgIpc) is 3.36. The summed E-state index contributed by atoms with van der Waals surface area (Å²) in [6, 6.07) is 4.30. The van der Waals surface area contributed by atoms with Crippen LogP contribution in [0, 0.1) is 13.8 Å². The van der Waals surface area contributed by atoms with Gasteiger partial charge in [0.2, 0.25) is 0 Å². The van der Waals surface area contributed by atoms with E-state index in [9.17, 15) is 0 Å². The molecule has 4 aromatic heterocycles. The molecule has 0 amide bonds. The van der Waals surface area contributed by atoms with Crippen LogP contribution in [0.25, 0.3) is 21.6 Å². The van der Waals surface area contributed by atoms with E-state index >= 15 is 0 Å². The first-order valence-corrected chi connectivity index (χ1v) is 11.3. The van der Waals surface area contributed by atoms with E-state index in [2.05, 4.69) is 43.6 Å². The summed E-state index contributed by atoms with van der Waals surface area (Å²) in [4.78, 5) is 15.5. The molecule has 0 unspecified atom stereocenters. The molecule has 136 valence electrons. The molecule has 0 radical (unpaired) electrons. The van der Waals surface area contributed by atoms with E-state index in [0.29, 0.717) is 6.04 Å². The number of hydrogen-bond donors (Lipinski definition) is 0. The SMILES string of the molecule is Cc1sc2ncnc(SC[C@H]3CSc4nnc(-c5ccncc5)n43)c2c1C. The second-order valence-electron chi connectivity index (χ2n) is 6.33. The van der Waals surface area contributed by atoms with Crippen molar-refractivity contribution in [1.29, 1.82) is 0 Å². The molecular weight excluding hydrogens is 396 g/mol. The summed E-state index contributed by atoms with van der Waals surface area (Å²) < 4.78 is 2.26. The van der Waals surface area contributed by atoms with Gasteiger partial charge in [-0.1, -0.05) is 11.8 Å². The van der Waals surface area contributed by atoms with Gasteiger partial charge in [0.25, 0.3) is 0 Å². The molecule has 9 heteroatoms. The maximum atomic E-state index is 4.57. The molecule has 0 saturated carbocycles. The molecule has 4 aromatic rings. The summed E-state index contributed by atoms with van der Waals surface area (Å²) in [6.07, 6.45) is 5.26. The van der Waals surface area contributed by atoms with Gasteiger partial charge in [-0.25, -0.2) is 9.97 Å². The van der Waals surface area contributed by atoms with Gasteiger partial charge in [-0.2, -0.15) is 0 Å². The molecule has 0 aliphatic carbocycles. The van der Waals surface area contributed by atoms with Crippen molar-refractivity contribution in [3.8, 4) is 11.4 Å². The number of fused-ring (bicyclic) bond motifs is 2. The van der Waals surface area contributed by atoms with Crippen LogP contribution in [-0.4, -0.2) is 41.2 Å². The summed E-state index contributed by atoms with van der Waals surface area (Å²) >= 11 is 5.31. The lowest BCUT2D eigenvalue weighted by Crippen LogP contribution is -2.11. The van der Waals surface area contributed by atoms with Crippen LogP contribution in [0.1, 0.15) is 16.5 Å². The van der Waals surface area contributed by atoms with Crippen LogP contribution in [0.5, 0.6) is 0 Å². The first kappa shape index (κ1) is 17.2. The molecule has 1 aliphatic heterocycles. The zero-order chi connectivity index (χ0) is 18.4. The Kier molecular flexibility index (Phi) is 4.37. The fourth-order valence-corrected chi connectivity index (χ4v) is 6.63. The number of thiophene rings is 1. The van der Waals surface area contributed by atoms with Gasteiger partial charge < -0.3 is 0 Å². The molecule has 6 nitrogen and oxygen atoms in total. The number of pyridine rings is 1. The molecule has 5 heterocycles. The lowest BCUT2D eigenvalue weighted by atomic mass is 10.2. The monoisotopic (exact) mass is 412 g/mol. The summed E-state index contributed by atoms with van der Waals surface area (Å²) in [5, 5.41) is 12.0. The van der Waals surface area contributed by atoms with E-state index in [1.54, 1.807) is 53.6 Å². The standard InChI is InChI=1S/C18H16N6S3/c1-10-11(2)27-17-14(10)16(20-9-21-17)25-7-13-8-26-18-23-22-15(24(13)18)12-3-5-19-6-4-12/h3-6,9,13H,7-8H2,1-2H3/t13-/m0/s1. The van der Waals surface area contributed by atoms with Crippen molar-refractivity contribution in [1.82, 2.24) is 29.7 Å². The highest BCUT2D eigenvalue weighted by atomic mass is 32.2. The molecule has 0 aromatic carbocycles. The Labute approximate surface area is 168 Å². The van der Waals surface area contributed by atoms with Gasteiger partial charge in [0, 0.05) is 39.7 Å². The molecule has 0 spiro atoms. The normalized spacial score (nSPS) is 16.1. The van der Waals surface area contributed by atoms with Crippen molar-refractivity contribution < 1.29 is 0 Å². The molecule has 1 atom stereocenters. The van der Waals surface area contributed by atoms with Crippen LogP contribution in [-0.2, 0) is 0 Å². The van der Waals surface area contributed by atoms with E-state index in [0.717, 1.165) is 37.9 Å². The molecule has 5 rings (SSSR count). The maximum absolute atomic E-state index is 4.57. The minimum absolute atomic E-state index is 0.332. The number of aryl methyl sites for hydroxylation is 2. The van der Waals surface area contributed by atoms with Crippen molar-refractivity contribution in [2.75, 3.05) is 11.5 Å². The molecule has 1 aliphatic rings. The Morgan fingerprint density at radius 1 is 1.19 bits per heavy atom. The van der Waals surface area contributed by atoms with Crippen LogP contribution < -0.4 is 0 Å². The lowest BCUT2D eigenvalue weighted by Gasteiger charge is -2.14. The third-order valence-electron chi connectivity index (χ3n) is 4.72. The minimum Gasteiger partial charge on any atom is -0.297 e. The topological polar surface area (TPSA) is 69.4 Å². The molecular formula is C18H16N6S3. The Balaban J connectivity index is 1.45. The van der Waals surface area contributed by atoms with Gasteiger partial charge in [0.1, 0.15) is 16.2 Å². The number of nitrogens with zero attached hydrogens (tertiary/aromatic N) is 6. The summed E-state index contributed by atoms with van der Waals surface area (Å²) in [5.41, 5.74) is 2.34. The maximum Gasteiger partial charge on any atom is 0.191 e. The van der Waals surface area contributed by atoms with E-state index in [4.69, 9.17) is 0 Å². The highest BCUT2D eigenvalue weighted by Crippen LogP contribution is 2.40. The Bertz CT molecular complexity index is 1120. The molecule has 0 saturated heterocycles. The first-order chi connectivity index (χ1) is 13.2. The van der Waals surface area contributed by atoms with Gasteiger partial charge in [-0.3, -0.25) is 9.55 Å². The van der Waals surface area contributed by atoms with Crippen molar-refractivity contribution in [3.05, 3.63) is 41.3 Å². The van der Waals surface area contributed by atoms with Gasteiger partial charge in [0.05, 0.1) is 6.04 Å². The zero-order valence-corrected chi connectivity index (χ0v) is 17.2. The van der Waals surface area contributed by atoms with Crippen LogP contribution in [0.15, 0.2) is 41.0 Å². The Morgan fingerprint density at radius 3 is 2.89 bits per heavy atom. The van der Waals surface area contributed by atoms with Crippen molar-refractivity contribution in [2.45, 2.75) is 30.1 Å². The van der Waals surface area contributed by atoms with E-state index in [-0.39, 0.29) is 0 Å². The third kappa shape index (κ3) is 2.94. The minimum atomic E-state index is 0.332. The second-order valence-corrected chi connectivity index (χ2v) is 9.53. The third-order valence-corrected chi connectivity index (χ3v) is 8.05. The summed E-state index contributed by atoms with van der Waals surface area (Å²) in [7, 11) is 0. The fraction of sp³-hybridized carbons (Fsp3) is 0.278. The molecule has 27 heavy (non-hydrogen) atoms. The second kappa shape index (κ2) is 6.88. The van der Waals surface area contributed by atoms with Crippen LogP contribution in [0.2, 0.25) is 0 Å². The zero-order valence-electron chi connectivity index (χ0n) is 14.8. The number of rotatable bonds is 4. The predicted octanol–water partition coefficient (Wildman–Crippen LogP) is 4.40. The van der Waals surface area contributed by atoms with Gasteiger partial charge >= 0.3 is 0 Å². The van der Waals surface area contributed by atoms with E-state index < -0.39 is 0 Å². The highest BCUT2D eigenvalue weighted by Gasteiger charge is 2.29. The van der Waals surface area contributed by atoms with Crippen molar-refractivity contribution >= 4 is 45.1 Å². The van der Waals surface area contributed by atoms with Crippen LogP contribution >= 0.6 is 34.9 Å². The molecule has 0 fully saturated rings. The smallest absolute Gasteiger partial charge is 0.191 e. The Morgan fingerprint density at radius 2 is 2.04 bits per heavy atom. The van der Waals surface area contributed by atoms with Crippen LogP contribution in [0.4, 0.5) is 0 Å². The van der Waals surface area contributed by atoms with E-state index in [1.807, 2.05) is 12.1 Å². The Hall–Kier alpha value is -1.97. The highest BCUT2D eigenvalue weighted by molar-refractivity contribution is 8.00. The molecule has 0 N–H and O–H groups in total. The summed E-state index contributed by atoms with van der Waals surface area (Å²) in [6.45, 7) is 4.31. The fourth-order valence-electron chi connectivity index (χ4n) is 3.20. The largest absolute Gasteiger partial charge is 0.297 e. The van der Waals surface area contributed by atoms with E-state index in [1.165, 1.54) is 15.8 Å². The summed E-state index contributed by atoms with van der Waals surface area (Å²) in [5.74, 6) is 2.85. The molecule has 0 bridgehead atoms. The van der Waals surface area contributed by atoms with Gasteiger partial charge in [-0.15, -0.1) is 33.3 Å². The van der Waals surface area contributed by atoms with Gasteiger partial charge in [-0.05, 0) is 31.5 Å². The lowest BCUT2D eigenvalue weighted by molar-refractivity contribution is 0.597. The number of thioether (sulfide) groups is 2. The van der Waals surface area contributed by atoms with Crippen LogP contribution in [0.3, 0.4) is 0 Å². The van der Waals surface area contributed by atoms with Crippen molar-refractivity contribution in [3.63, 3.8) is 0 Å².